The van der Waals surface area contributed by atoms with Crippen LogP contribution in [0.5, 0.6) is 17.2 Å². The zero-order valence-electron chi connectivity index (χ0n) is 17.0. The Morgan fingerprint density at radius 2 is 1.77 bits per heavy atom. The molecule has 2 aliphatic heterocycles. The molecule has 0 fully saturated rings. The van der Waals surface area contributed by atoms with Gasteiger partial charge in [-0.1, -0.05) is 39.7 Å². The molecule has 7 heteroatoms. The van der Waals surface area contributed by atoms with Crippen LogP contribution in [0.15, 0.2) is 70.2 Å². The van der Waals surface area contributed by atoms with E-state index in [1.807, 2.05) is 53.5 Å². The summed E-state index contributed by atoms with van der Waals surface area (Å²) in [5.41, 5.74) is 4.08. The third kappa shape index (κ3) is 3.64. The van der Waals surface area contributed by atoms with Gasteiger partial charge in [-0.25, -0.2) is 5.01 Å². The van der Waals surface area contributed by atoms with E-state index in [2.05, 4.69) is 28.1 Å². The van der Waals surface area contributed by atoms with E-state index in [0.29, 0.717) is 16.5 Å². The van der Waals surface area contributed by atoms with Crippen LogP contribution in [0.25, 0.3) is 0 Å². The normalized spacial score (nSPS) is 19.2. The summed E-state index contributed by atoms with van der Waals surface area (Å²) in [6.45, 7) is 0. The summed E-state index contributed by atoms with van der Waals surface area (Å²) in [6.07, 6.45) is 0.369. The van der Waals surface area contributed by atoms with Crippen molar-refractivity contribution in [2.45, 2.75) is 18.7 Å². The van der Waals surface area contributed by atoms with Crippen LogP contribution in [0.3, 0.4) is 0 Å². The molecular formula is C24H20BrClN2O3. The van der Waals surface area contributed by atoms with Crippen LogP contribution in [0.4, 0.5) is 0 Å². The van der Waals surface area contributed by atoms with Crippen LogP contribution in [-0.2, 0) is 0 Å². The van der Waals surface area contributed by atoms with Crippen molar-refractivity contribution in [2.75, 3.05) is 14.2 Å². The van der Waals surface area contributed by atoms with E-state index in [-0.39, 0.29) is 6.04 Å². The SMILES string of the molecule is COc1ccc(C2Oc3ccc(Cl)cc3C3CC(c4ccc(Br)cc4)=NN32)cc1OC. The van der Waals surface area contributed by atoms with E-state index in [4.69, 9.17) is 30.9 Å². The molecule has 158 valence electrons. The first-order valence-corrected chi connectivity index (χ1v) is 11.0. The summed E-state index contributed by atoms with van der Waals surface area (Å²) in [7, 11) is 3.25. The predicted octanol–water partition coefficient (Wildman–Crippen LogP) is 6.36. The maximum Gasteiger partial charge on any atom is 0.214 e. The highest BCUT2D eigenvalue weighted by Crippen LogP contribution is 2.49. The second kappa shape index (κ2) is 8.09. The van der Waals surface area contributed by atoms with Gasteiger partial charge < -0.3 is 14.2 Å². The van der Waals surface area contributed by atoms with Crippen molar-refractivity contribution in [1.82, 2.24) is 5.01 Å². The summed E-state index contributed by atoms with van der Waals surface area (Å²) >= 11 is 9.82. The molecule has 3 aromatic rings. The number of benzene rings is 3. The standard InChI is InChI=1S/C24H20BrClN2O3/c1-29-22-9-5-15(11-23(22)30-2)24-28-20(18-12-17(26)8-10-21(18)31-24)13-19(27-28)14-3-6-16(25)7-4-14/h3-12,20,24H,13H2,1-2H3. The zero-order chi connectivity index (χ0) is 21.5. The largest absolute Gasteiger partial charge is 0.493 e. The fraction of sp³-hybridized carbons (Fsp3) is 0.208. The van der Waals surface area contributed by atoms with Gasteiger partial charge in [0, 0.05) is 27.0 Å². The Morgan fingerprint density at radius 1 is 1.00 bits per heavy atom. The molecule has 0 bridgehead atoms. The quantitative estimate of drug-likeness (QED) is 0.419. The molecule has 0 amide bonds. The first kappa shape index (κ1) is 20.2. The number of hydrogen-bond acceptors (Lipinski definition) is 5. The minimum atomic E-state index is -0.397. The topological polar surface area (TPSA) is 43.3 Å². The van der Waals surface area contributed by atoms with Gasteiger partial charge in [-0.3, -0.25) is 0 Å². The Hall–Kier alpha value is -2.70. The van der Waals surface area contributed by atoms with E-state index < -0.39 is 6.23 Å². The minimum Gasteiger partial charge on any atom is -0.493 e. The third-order valence-corrected chi connectivity index (χ3v) is 6.39. The number of hydrogen-bond donors (Lipinski definition) is 0. The number of fused-ring (bicyclic) bond motifs is 3. The maximum absolute atomic E-state index is 6.42. The number of hydrazone groups is 1. The highest BCUT2D eigenvalue weighted by atomic mass is 79.9. The molecule has 0 aliphatic carbocycles. The van der Waals surface area contributed by atoms with E-state index in [9.17, 15) is 0 Å². The number of halogens is 2. The average molecular weight is 500 g/mol. The molecule has 2 aliphatic rings. The fourth-order valence-corrected chi connectivity index (χ4v) is 4.55. The number of rotatable bonds is 4. The lowest BCUT2D eigenvalue weighted by Crippen LogP contribution is -2.33. The van der Waals surface area contributed by atoms with Gasteiger partial charge in [0.2, 0.25) is 6.23 Å². The Morgan fingerprint density at radius 3 is 2.52 bits per heavy atom. The smallest absolute Gasteiger partial charge is 0.214 e. The lowest BCUT2D eigenvalue weighted by Gasteiger charge is -2.38. The molecule has 0 radical (unpaired) electrons. The van der Waals surface area contributed by atoms with Gasteiger partial charge in [0.05, 0.1) is 26.0 Å². The van der Waals surface area contributed by atoms with Crippen molar-refractivity contribution in [3.8, 4) is 17.2 Å². The van der Waals surface area contributed by atoms with Gasteiger partial charge in [0.1, 0.15) is 5.75 Å². The number of methoxy groups -OCH3 is 2. The molecule has 5 nitrogen and oxygen atoms in total. The lowest BCUT2D eigenvalue weighted by atomic mass is 9.96. The molecule has 3 aromatic carbocycles. The summed E-state index contributed by atoms with van der Waals surface area (Å²) in [5.74, 6) is 2.14. The Kier molecular flexibility index (Phi) is 5.28. The number of ether oxygens (including phenoxy) is 3. The van der Waals surface area contributed by atoms with Gasteiger partial charge >= 0.3 is 0 Å². The van der Waals surface area contributed by atoms with Crippen LogP contribution in [-0.4, -0.2) is 24.9 Å². The molecule has 0 aromatic heterocycles. The van der Waals surface area contributed by atoms with E-state index in [1.165, 1.54) is 0 Å². The van der Waals surface area contributed by atoms with Crippen molar-refractivity contribution in [3.63, 3.8) is 0 Å². The maximum atomic E-state index is 6.42. The summed E-state index contributed by atoms with van der Waals surface area (Å²) in [6, 6.07) is 19.8. The van der Waals surface area contributed by atoms with Gasteiger partial charge in [-0.15, -0.1) is 0 Å². The van der Waals surface area contributed by atoms with Crippen LogP contribution < -0.4 is 14.2 Å². The molecule has 31 heavy (non-hydrogen) atoms. The van der Waals surface area contributed by atoms with E-state index in [1.54, 1.807) is 14.2 Å². The Bertz CT molecular complexity index is 1170. The van der Waals surface area contributed by atoms with Crippen molar-refractivity contribution in [3.05, 3.63) is 86.8 Å². The van der Waals surface area contributed by atoms with Crippen molar-refractivity contribution in [1.29, 1.82) is 0 Å². The minimum absolute atomic E-state index is 0.0270. The van der Waals surface area contributed by atoms with Gasteiger partial charge in [-0.2, -0.15) is 5.10 Å². The average Bonchev–Trinajstić information content (AvgIpc) is 3.24. The van der Waals surface area contributed by atoms with Crippen molar-refractivity contribution in [2.24, 2.45) is 5.10 Å². The highest BCUT2D eigenvalue weighted by Gasteiger charge is 2.41. The second-order valence-corrected chi connectivity index (χ2v) is 8.77. The first-order chi connectivity index (χ1) is 15.1. The monoisotopic (exact) mass is 498 g/mol. The lowest BCUT2D eigenvalue weighted by molar-refractivity contribution is -0.0191. The van der Waals surface area contributed by atoms with E-state index >= 15 is 0 Å². The van der Waals surface area contributed by atoms with Gasteiger partial charge in [-0.05, 0) is 54.1 Å². The van der Waals surface area contributed by atoms with Crippen LogP contribution in [0, 0.1) is 0 Å². The molecule has 2 heterocycles. The summed E-state index contributed by atoms with van der Waals surface area (Å²) < 4.78 is 18.4. The zero-order valence-corrected chi connectivity index (χ0v) is 19.4. The molecule has 0 saturated carbocycles. The molecule has 2 unspecified atom stereocenters. The molecule has 0 N–H and O–H groups in total. The molecule has 0 spiro atoms. The summed E-state index contributed by atoms with van der Waals surface area (Å²) in [5, 5.41) is 7.70. The highest BCUT2D eigenvalue weighted by molar-refractivity contribution is 9.10. The van der Waals surface area contributed by atoms with Crippen LogP contribution in [0.1, 0.15) is 35.4 Å². The molecule has 0 saturated heterocycles. The van der Waals surface area contributed by atoms with Gasteiger partial charge in [0.15, 0.2) is 11.5 Å². The number of nitrogens with zero attached hydrogens (tertiary/aromatic N) is 2. The van der Waals surface area contributed by atoms with Crippen LogP contribution >= 0.6 is 27.5 Å². The Balaban J connectivity index is 1.60. The third-order valence-electron chi connectivity index (χ3n) is 5.62. The summed E-state index contributed by atoms with van der Waals surface area (Å²) in [4.78, 5) is 0. The Labute approximate surface area is 194 Å². The molecule has 5 rings (SSSR count). The molecule has 2 atom stereocenters. The van der Waals surface area contributed by atoms with Crippen LogP contribution in [0.2, 0.25) is 5.02 Å². The second-order valence-electron chi connectivity index (χ2n) is 7.42. The predicted molar refractivity (Wildman–Crippen MR) is 124 cm³/mol. The fourth-order valence-electron chi connectivity index (χ4n) is 4.10. The first-order valence-electron chi connectivity index (χ1n) is 9.87. The van der Waals surface area contributed by atoms with E-state index in [0.717, 1.165) is 39.0 Å². The van der Waals surface area contributed by atoms with Crippen molar-refractivity contribution < 1.29 is 14.2 Å². The molecular weight excluding hydrogens is 480 g/mol. The van der Waals surface area contributed by atoms with Crippen molar-refractivity contribution >= 4 is 33.2 Å². The van der Waals surface area contributed by atoms with Gasteiger partial charge in [0.25, 0.3) is 0 Å².